The molecule has 1 unspecified atom stereocenters. The molecule has 1 heteroatoms. The number of hydrogen-bond donors (Lipinski definition) is 0. The third kappa shape index (κ3) is 6.19. The van der Waals surface area contributed by atoms with Gasteiger partial charge in [-0.25, -0.2) is 0 Å². The van der Waals surface area contributed by atoms with Gasteiger partial charge < -0.3 is 4.90 Å². The van der Waals surface area contributed by atoms with Gasteiger partial charge in [0.05, 0.1) is 0 Å². The van der Waals surface area contributed by atoms with E-state index in [0.717, 1.165) is 0 Å². The Morgan fingerprint density at radius 2 is 1.87 bits per heavy atom. The molecule has 92 valence electrons. The second-order valence-corrected chi connectivity index (χ2v) is 5.11. The maximum absolute atomic E-state index is 2.52. The lowest BCUT2D eigenvalue weighted by atomic mass is 9.81. The molecule has 0 aliphatic carbocycles. The van der Waals surface area contributed by atoms with Crippen LogP contribution in [0.25, 0.3) is 0 Å². The predicted octanol–water partition coefficient (Wildman–Crippen LogP) is 4.32. The topological polar surface area (TPSA) is 3.24 Å². The van der Waals surface area contributed by atoms with E-state index >= 15 is 0 Å². The molecule has 15 heavy (non-hydrogen) atoms. The van der Waals surface area contributed by atoms with E-state index in [9.17, 15) is 0 Å². The molecular formula is C14H31N. The first-order valence-electron chi connectivity index (χ1n) is 6.85. The zero-order valence-electron chi connectivity index (χ0n) is 11.6. The fourth-order valence-electron chi connectivity index (χ4n) is 2.55. The Hall–Kier alpha value is -0.0400. The number of likely N-dealkylation sites (tertiary alicyclic amines) is 1. The van der Waals surface area contributed by atoms with Crippen LogP contribution >= 0.6 is 0 Å². The van der Waals surface area contributed by atoms with Crippen LogP contribution in [0.15, 0.2) is 0 Å². The molecule has 1 heterocycles. The summed E-state index contributed by atoms with van der Waals surface area (Å²) >= 11 is 0. The van der Waals surface area contributed by atoms with E-state index in [4.69, 9.17) is 0 Å². The van der Waals surface area contributed by atoms with Crippen molar-refractivity contribution in [3.8, 4) is 0 Å². The van der Waals surface area contributed by atoms with Crippen LogP contribution < -0.4 is 0 Å². The van der Waals surface area contributed by atoms with Gasteiger partial charge in [-0.2, -0.15) is 0 Å². The maximum atomic E-state index is 2.52. The van der Waals surface area contributed by atoms with Crippen LogP contribution in [0.4, 0.5) is 0 Å². The van der Waals surface area contributed by atoms with Crippen LogP contribution in [0.5, 0.6) is 0 Å². The largest absolute Gasteiger partial charge is 0.306 e. The average molecular weight is 213 g/mol. The van der Waals surface area contributed by atoms with E-state index in [1.165, 1.54) is 51.6 Å². The molecule has 1 atom stereocenters. The Balaban J connectivity index is 0.000000921. The Morgan fingerprint density at radius 3 is 2.47 bits per heavy atom. The summed E-state index contributed by atoms with van der Waals surface area (Å²) in [7, 11) is 2.27. The minimum absolute atomic E-state index is 0.612. The van der Waals surface area contributed by atoms with Crippen molar-refractivity contribution in [2.24, 2.45) is 5.41 Å². The van der Waals surface area contributed by atoms with Crippen LogP contribution in [0.2, 0.25) is 0 Å². The van der Waals surface area contributed by atoms with Crippen LogP contribution in [0.3, 0.4) is 0 Å². The van der Waals surface area contributed by atoms with Gasteiger partial charge in [0.25, 0.3) is 0 Å². The van der Waals surface area contributed by atoms with Gasteiger partial charge in [0.1, 0.15) is 0 Å². The van der Waals surface area contributed by atoms with Gasteiger partial charge in [-0.15, -0.1) is 0 Å². The smallest absolute Gasteiger partial charge is 0.00323 e. The van der Waals surface area contributed by atoms with Crippen molar-refractivity contribution >= 4 is 0 Å². The molecule has 0 spiro atoms. The molecule has 0 aromatic rings. The van der Waals surface area contributed by atoms with Crippen LogP contribution in [0.1, 0.15) is 66.2 Å². The number of unbranched alkanes of at least 4 members (excludes halogenated alkanes) is 1. The summed E-state index contributed by atoms with van der Waals surface area (Å²) in [4.78, 5) is 2.52. The van der Waals surface area contributed by atoms with Crippen molar-refractivity contribution in [1.29, 1.82) is 0 Å². The SMILES string of the molecule is CC.CCCCC1(C)CCCCN(C)C1. The third-order valence-corrected chi connectivity index (χ3v) is 3.36. The van der Waals surface area contributed by atoms with Gasteiger partial charge in [-0.3, -0.25) is 0 Å². The van der Waals surface area contributed by atoms with Crippen molar-refractivity contribution in [3.63, 3.8) is 0 Å². The lowest BCUT2D eigenvalue weighted by Crippen LogP contribution is -2.31. The van der Waals surface area contributed by atoms with Gasteiger partial charge in [-0.05, 0) is 38.3 Å². The van der Waals surface area contributed by atoms with E-state index in [0.29, 0.717) is 5.41 Å². The molecule has 1 aliphatic rings. The minimum atomic E-state index is 0.612. The highest BCUT2D eigenvalue weighted by atomic mass is 15.1. The van der Waals surface area contributed by atoms with Crippen molar-refractivity contribution in [2.75, 3.05) is 20.1 Å². The quantitative estimate of drug-likeness (QED) is 0.674. The molecule has 0 amide bonds. The second-order valence-electron chi connectivity index (χ2n) is 5.11. The summed E-state index contributed by atoms with van der Waals surface area (Å²) in [5.41, 5.74) is 0.612. The lowest BCUT2D eigenvalue weighted by Gasteiger charge is -2.31. The molecular weight excluding hydrogens is 182 g/mol. The molecule has 0 aromatic carbocycles. The summed E-state index contributed by atoms with van der Waals surface area (Å²) in [5, 5.41) is 0. The van der Waals surface area contributed by atoms with E-state index in [1.807, 2.05) is 13.8 Å². The van der Waals surface area contributed by atoms with Gasteiger partial charge in [-0.1, -0.05) is 47.0 Å². The standard InChI is InChI=1S/C12H25N.C2H6/c1-4-5-8-12(2)9-6-7-10-13(3)11-12;1-2/h4-11H2,1-3H3;1-2H3. The normalized spacial score (nSPS) is 27.8. The van der Waals surface area contributed by atoms with E-state index in [2.05, 4.69) is 25.8 Å². The fourth-order valence-corrected chi connectivity index (χ4v) is 2.55. The van der Waals surface area contributed by atoms with Gasteiger partial charge in [0.2, 0.25) is 0 Å². The molecule has 0 bridgehead atoms. The van der Waals surface area contributed by atoms with Gasteiger partial charge in [0, 0.05) is 6.54 Å². The molecule has 1 saturated heterocycles. The number of nitrogens with zero attached hydrogens (tertiary/aromatic N) is 1. The Morgan fingerprint density at radius 1 is 1.20 bits per heavy atom. The van der Waals surface area contributed by atoms with Crippen LogP contribution in [-0.4, -0.2) is 25.0 Å². The average Bonchev–Trinajstić information content (AvgIpc) is 2.40. The molecule has 0 aromatic heterocycles. The summed E-state index contributed by atoms with van der Waals surface area (Å²) in [5.74, 6) is 0. The Bertz CT molecular complexity index is 144. The van der Waals surface area contributed by atoms with Crippen molar-refractivity contribution < 1.29 is 0 Å². The van der Waals surface area contributed by atoms with E-state index in [-0.39, 0.29) is 0 Å². The minimum Gasteiger partial charge on any atom is -0.306 e. The monoisotopic (exact) mass is 213 g/mol. The highest BCUT2D eigenvalue weighted by Gasteiger charge is 2.26. The highest BCUT2D eigenvalue weighted by molar-refractivity contribution is 4.80. The van der Waals surface area contributed by atoms with E-state index < -0.39 is 0 Å². The molecule has 0 radical (unpaired) electrons. The summed E-state index contributed by atoms with van der Waals surface area (Å²) < 4.78 is 0. The van der Waals surface area contributed by atoms with Gasteiger partial charge in [0.15, 0.2) is 0 Å². The van der Waals surface area contributed by atoms with Crippen LogP contribution in [-0.2, 0) is 0 Å². The zero-order valence-corrected chi connectivity index (χ0v) is 11.6. The Labute approximate surface area is 97.2 Å². The maximum Gasteiger partial charge on any atom is 0.00323 e. The summed E-state index contributed by atoms with van der Waals surface area (Å²) in [6, 6.07) is 0. The van der Waals surface area contributed by atoms with E-state index in [1.54, 1.807) is 0 Å². The first kappa shape index (κ1) is 15.0. The van der Waals surface area contributed by atoms with Crippen molar-refractivity contribution in [3.05, 3.63) is 0 Å². The number of hydrogen-bond acceptors (Lipinski definition) is 1. The fraction of sp³-hybridized carbons (Fsp3) is 1.00. The second kappa shape index (κ2) is 8.15. The highest BCUT2D eigenvalue weighted by Crippen LogP contribution is 2.33. The van der Waals surface area contributed by atoms with Crippen LogP contribution in [0, 0.1) is 5.41 Å². The van der Waals surface area contributed by atoms with Gasteiger partial charge >= 0.3 is 0 Å². The summed E-state index contributed by atoms with van der Waals surface area (Å²) in [6.45, 7) is 11.4. The Kier molecular flexibility index (Phi) is 8.13. The van der Waals surface area contributed by atoms with Crippen molar-refractivity contribution in [1.82, 2.24) is 4.90 Å². The predicted molar refractivity (Wildman–Crippen MR) is 70.3 cm³/mol. The first-order valence-corrected chi connectivity index (χ1v) is 6.85. The molecule has 0 saturated carbocycles. The molecule has 1 nitrogen and oxygen atoms in total. The zero-order chi connectivity index (χ0) is 11.7. The molecule has 0 N–H and O–H groups in total. The molecule has 1 rings (SSSR count). The molecule has 1 fully saturated rings. The number of rotatable bonds is 3. The van der Waals surface area contributed by atoms with Crippen molar-refractivity contribution in [2.45, 2.75) is 66.2 Å². The lowest BCUT2D eigenvalue weighted by molar-refractivity contribution is 0.189. The third-order valence-electron chi connectivity index (χ3n) is 3.36. The summed E-state index contributed by atoms with van der Waals surface area (Å²) in [6.07, 6.45) is 8.46. The molecule has 1 aliphatic heterocycles. The first-order chi connectivity index (χ1) is 7.16.